The van der Waals surface area contributed by atoms with Crippen LogP contribution in [0.5, 0.6) is 0 Å². The number of para-hydroxylation sites is 1. The van der Waals surface area contributed by atoms with Crippen LogP contribution in [0.3, 0.4) is 0 Å². The molecule has 2 amide bonds. The number of piperidine rings is 1. The molecule has 2 saturated heterocycles. The lowest BCUT2D eigenvalue weighted by atomic mass is 10.0. The quantitative estimate of drug-likeness (QED) is 0.816. The number of nitrogens with one attached hydrogen (secondary N) is 1. The first kappa shape index (κ1) is 18.9. The number of anilines is 1. The van der Waals surface area contributed by atoms with Gasteiger partial charge in [0.1, 0.15) is 0 Å². The molecule has 2 heterocycles. The van der Waals surface area contributed by atoms with Crippen molar-refractivity contribution in [2.45, 2.75) is 51.5 Å². The number of likely N-dealkylation sites (tertiary alicyclic amines) is 1. The number of hydrogen-bond acceptors (Lipinski definition) is 3. The Morgan fingerprint density at radius 3 is 2.81 bits per heavy atom. The fourth-order valence-corrected chi connectivity index (χ4v) is 4.05. The van der Waals surface area contributed by atoms with Crippen LogP contribution >= 0.6 is 0 Å². The van der Waals surface area contributed by atoms with Gasteiger partial charge in [-0.1, -0.05) is 38.0 Å². The van der Waals surface area contributed by atoms with E-state index in [0.717, 1.165) is 25.2 Å². The monoisotopic (exact) mass is 357 g/mol. The molecule has 2 atom stereocenters. The van der Waals surface area contributed by atoms with Gasteiger partial charge >= 0.3 is 0 Å². The van der Waals surface area contributed by atoms with Gasteiger partial charge in [-0.15, -0.1) is 0 Å². The summed E-state index contributed by atoms with van der Waals surface area (Å²) in [5, 5.41) is 3.13. The molecule has 1 aromatic rings. The first-order valence-electron chi connectivity index (χ1n) is 10.1. The first-order chi connectivity index (χ1) is 12.7. The highest BCUT2D eigenvalue weighted by atomic mass is 16.2. The topological polar surface area (TPSA) is 52.7 Å². The third kappa shape index (κ3) is 4.64. The number of nitrogens with zero attached hydrogens (tertiary/aromatic N) is 2. The molecule has 3 rings (SSSR count). The maximum Gasteiger partial charge on any atom is 0.227 e. The van der Waals surface area contributed by atoms with Crippen molar-refractivity contribution in [2.75, 3.05) is 31.1 Å². The summed E-state index contributed by atoms with van der Waals surface area (Å²) in [7, 11) is 0. The zero-order valence-corrected chi connectivity index (χ0v) is 15.8. The van der Waals surface area contributed by atoms with Gasteiger partial charge in [-0.2, -0.15) is 0 Å². The highest BCUT2D eigenvalue weighted by Gasteiger charge is 2.35. The fourth-order valence-electron chi connectivity index (χ4n) is 4.05. The number of hydrogen-bond donors (Lipinski definition) is 1. The fraction of sp³-hybridized carbons (Fsp3) is 0.619. The lowest BCUT2D eigenvalue weighted by molar-refractivity contribution is -0.126. The second kappa shape index (κ2) is 9.17. The first-order valence-corrected chi connectivity index (χ1v) is 10.1. The molecule has 1 aromatic carbocycles. The molecule has 0 aromatic heterocycles. The predicted molar refractivity (Wildman–Crippen MR) is 104 cm³/mol. The lowest BCUT2D eigenvalue weighted by Crippen LogP contribution is -2.48. The van der Waals surface area contributed by atoms with Crippen LogP contribution in [0.2, 0.25) is 0 Å². The van der Waals surface area contributed by atoms with Gasteiger partial charge in [0.05, 0.1) is 5.92 Å². The van der Waals surface area contributed by atoms with Gasteiger partial charge in [0.25, 0.3) is 0 Å². The summed E-state index contributed by atoms with van der Waals surface area (Å²) < 4.78 is 0. The summed E-state index contributed by atoms with van der Waals surface area (Å²) in [6.07, 6.45) is 6.39. The molecule has 0 bridgehead atoms. The molecule has 0 saturated carbocycles. The van der Waals surface area contributed by atoms with Crippen molar-refractivity contribution in [3.8, 4) is 0 Å². The number of carbonyl (C=O) groups is 2. The minimum Gasteiger partial charge on any atom is -0.354 e. The summed E-state index contributed by atoms with van der Waals surface area (Å²) in [6.45, 7) is 5.68. The summed E-state index contributed by atoms with van der Waals surface area (Å²) in [5.41, 5.74) is 0.880. The molecular formula is C21H31N3O2. The third-order valence-electron chi connectivity index (χ3n) is 5.62. The molecule has 142 valence electrons. The van der Waals surface area contributed by atoms with Gasteiger partial charge in [-0.25, -0.2) is 0 Å². The maximum atomic E-state index is 12.6. The van der Waals surface area contributed by atoms with E-state index in [9.17, 15) is 9.59 Å². The summed E-state index contributed by atoms with van der Waals surface area (Å²) in [5.74, 6) is -0.174. The Morgan fingerprint density at radius 1 is 1.23 bits per heavy atom. The number of carbonyl (C=O) groups excluding carboxylic acids is 2. The van der Waals surface area contributed by atoms with Crippen molar-refractivity contribution in [3.05, 3.63) is 30.3 Å². The summed E-state index contributed by atoms with van der Waals surface area (Å²) in [6, 6.07) is 10.1. The van der Waals surface area contributed by atoms with Crippen molar-refractivity contribution < 1.29 is 9.59 Å². The van der Waals surface area contributed by atoms with Crippen LogP contribution in [0.25, 0.3) is 0 Å². The molecular weight excluding hydrogens is 326 g/mol. The number of rotatable bonds is 7. The van der Waals surface area contributed by atoms with Crippen LogP contribution in [0.4, 0.5) is 5.69 Å². The molecule has 0 spiro atoms. The molecule has 2 aliphatic rings. The van der Waals surface area contributed by atoms with Gasteiger partial charge < -0.3 is 10.2 Å². The zero-order valence-electron chi connectivity index (χ0n) is 15.8. The van der Waals surface area contributed by atoms with Crippen LogP contribution < -0.4 is 10.2 Å². The van der Waals surface area contributed by atoms with Crippen LogP contribution in [-0.4, -0.2) is 48.9 Å². The highest BCUT2D eigenvalue weighted by Crippen LogP contribution is 2.25. The maximum absolute atomic E-state index is 12.6. The number of amides is 2. The highest BCUT2D eigenvalue weighted by molar-refractivity contribution is 6.00. The molecule has 0 radical (unpaired) electrons. The molecule has 2 unspecified atom stereocenters. The van der Waals surface area contributed by atoms with E-state index in [1.54, 1.807) is 4.90 Å². The van der Waals surface area contributed by atoms with E-state index in [2.05, 4.69) is 17.1 Å². The number of unbranched alkanes of at least 4 members (excludes halogenated alkanes) is 1. The average molecular weight is 357 g/mol. The Hall–Kier alpha value is -1.88. The molecule has 5 heteroatoms. The van der Waals surface area contributed by atoms with E-state index in [-0.39, 0.29) is 17.7 Å². The standard InChI is InChI=1S/C21H31N3O2/c1-2-3-12-23-13-8-7-11-19(23)15-22-21(26)17-14-20(25)24(16-17)18-9-5-4-6-10-18/h4-6,9-10,17,19H,2-3,7-8,11-16H2,1H3,(H,22,26). The van der Waals surface area contributed by atoms with E-state index in [1.165, 1.54) is 25.7 Å². The minimum atomic E-state index is -0.240. The molecule has 5 nitrogen and oxygen atoms in total. The molecule has 26 heavy (non-hydrogen) atoms. The SMILES string of the molecule is CCCCN1CCCCC1CNC(=O)C1CC(=O)N(c2ccccc2)C1. The Kier molecular flexibility index (Phi) is 6.67. The van der Waals surface area contributed by atoms with E-state index < -0.39 is 0 Å². The van der Waals surface area contributed by atoms with E-state index in [1.807, 2.05) is 30.3 Å². The largest absolute Gasteiger partial charge is 0.354 e. The van der Waals surface area contributed by atoms with Crippen LogP contribution in [-0.2, 0) is 9.59 Å². The van der Waals surface area contributed by atoms with Crippen LogP contribution in [0.15, 0.2) is 30.3 Å². The Labute approximate surface area is 156 Å². The molecule has 2 fully saturated rings. The van der Waals surface area contributed by atoms with Crippen molar-refractivity contribution in [2.24, 2.45) is 5.92 Å². The van der Waals surface area contributed by atoms with Crippen molar-refractivity contribution in [1.82, 2.24) is 10.2 Å². The van der Waals surface area contributed by atoms with Crippen LogP contribution in [0, 0.1) is 5.92 Å². The van der Waals surface area contributed by atoms with Gasteiger partial charge in [0, 0.05) is 31.2 Å². The van der Waals surface area contributed by atoms with Crippen molar-refractivity contribution in [1.29, 1.82) is 0 Å². The second-order valence-corrected chi connectivity index (χ2v) is 7.53. The zero-order chi connectivity index (χ0) is 18.4. The van der Waals surface area contributed by atoms with Crippen LogP contribution in [0.1, 0.15) is 45.4 Å². The normalized spacial score (nSPS) is 24.0. The molecule has 1 N–H and O–H groups in total. The van der Waals surface area contributed by atoms with Crippen molar-refractivity contribution in [3.63, 3.8) is 0 Å². The average Bonchev–Trinajstić information content (AvgIpc) is 3.07. The third-order valence-corrected chi connectivity index (χ3v) is 5.62. The number of benzene rings is 1. The van der Waals surface area contributed by atoms with Gasteiger partial charge in [-0.05, 0) is 44.5 Å². The minimum absolute atomic E-state index is 0.0257. The van der Waals surface area contributed by atoms with E-state index >= 15 is 0 Å². The van der Waals surface area contributed by atoms with E-state index in [0.29, 0.717) is 25.6 Å². The van der Waals surface area contributed by atoms with Gasteiger partial charge in [0.15, 0.2) is 0 Å². The molecule has 2 aliphatic heterocycles. The Bertz CT molecular complexity index is 605. The molecule has 0 aliphatic carbocycles. The predicted octanol–water partition coefficient (Wildman–Crippen LogP) is 2.81. The Balaban J connectivity index is 1.51. The smallest absolute Gasteiger partial charge is 0.227 e. The van der Waals surface area contributed by atoms with Gasteiger partial charge in [0.2, 0.25) is 11.8 Å². The Morgan fingerprint density at radius 2 is 2.04 bits per heavy atom. The van der Waals surface area contributed by atoms with Crippen molar-refractivity contribution >= 4 is 17.5 Å². The lowest BCUT2D eigenvalue weighted by Gasteiger charge is -2.36. The second-order valence-electron chi connectivity index (χ2n) is 7.53. The summed E-state index contributed by atoms with van der Waals surface area (Å²) >= 11 is 0. The van der Waals surface area contributed by atoms with Gasteiger partial charge in [-0.3, -0.25) is 14.5 Å². The van der Waals surface area contributed by atoms with E-state index in [4.69, 9.17) is 0 Å². The summed E-state index contributed by atoms with van der Waals surface area (Å²) in [4.78, 5) is 29.2.